The lowest BCUT2D eigenvalue weighted by Crippen LogP contribution is -2.45. The Hall–Kier alpha value is -1.02. The summed E-state index contributed by atoms with van der Waals surface area (Å²) in [6.45, 7) is 9.88. The molecule has 0 aromatic rings. The van der Waals surface area contributed by atoms with E-state index in [1.807, 2.05) is 19.9 Å². The second-order valence-electron chi connectivity index (χ2n) is 8.68. The normalized spacial score (nSPS) is 48.1. The molecule has 24 heavy (non-hydrogen) atoms. The summed E-state index contributed by atoms with van der Waals surface area (Å²) in [6.07, 6.45) is 13.8. The van der Waals surface area contributed by atoms with Crippen molar-refractivity contribution < 1.29 is 9.84 Å². The molecule has 5 aliphatic rings. The van der Waals surface area contributed by atoms with Crippen LogP contribution in [0.5, 0.6) is 0 Å². The van der Waals surface area contributed by atoms with Crippen molar-refractivity contribution >= 4 is 0 Å². The summed E-state index contributed by atoms with van der Waals surface area (Å²) < 4.78 is 5.97. The van der Waals surface area contributed by atoms with Gasteiger partial charge in [-0.15, -0.1) is 0 Å². The maximum atomic E-state index is 9.91. The number of allylic oxidation sites excluding steroid dienone is 6. The maximum absolute atomic E-state index is 9.91. The minimum atomic E-state index is 0.163. The topological polar surface area (TPSA) is 32.8 Å². The average molecular weight is 328 g/mol. The number of rotatable bonds is 0. The van der Waals surface area contributed by atoms with Crippen molar-refractivity contribution in [2.45, 2.75) is 71.8 Å². The Balaban J connectivity index is 0.000000704. The van der Waals surface area contributed by atoms with Crippen molar-refractivity contribution in [2.75, 3.05) is 6.61 Å². The SMILES string of the molecule is CC.CC12CCC(O)=CC1=CCC1C2=CCC2(C)C1CC[C@@]21CO1. The third-order valence-corrected chi connectivity index (χ3v) is 7.91. The number of hydrogen-bond acceptors (Lipinski definition) is 2. The van der Waals surface area contributed by atoms with Gasteiger partial charge in [0.25, 0.3) is 0 Å². The smallest absolute Gasteiger partial charge is 0.0975 e. The fraction of sp³-hybridized carbons (Fsp3) is 0.727. The van der Waals surface area contributed by atoms with E-state index in [1.54, 1.807) is 5.57 Å². The van der Waals surface area contributed by atoms with Gasteiger partial charge >= 0.3 is 0 Å². The van der Waals surface area contributed by atoms with Gasteiger partial charge in [0.1, 0.15) is 0 Å². The number of hydrogen-bond donors (Lipinski definition) is 1. The Morgan fingerprint density at radius 1 is 1.17 bits per heavy atom. The number of aliphatic hydroxyl groups excluding tert-OH is 1. The second-order valence-corrected chi connectivity index (χ2v) is 8.68. The van der Waals surface area contributed by atoms with Crippen LogP contribution >= 0.6 is 0 Å². The zero-order chi connectivity index (χ0) is 17.2. The number of ether oxygens (including phenoxy) is 1. The van der Waals surface area contributed by atoms with E-state index < -0.39 is 0 Å². The summed E-state index contributed by atoms with van der Waals surface area (Å²) in [5, 5.41) is 9.91. The van der Waals surface area contributed by atoms with E-state index in [4.69, 9.17) is 4.74 Å². The van der Waals surface area contributed by atoms with Crippen LogP contribution in [-0.4, -0.2) is 17.3 Å². The maximum Gasteiger partial charge on any atom is 0.0975 e. The minimum absolute atomic E-state index is 0.163. The van der Waals surface area contributed by atoms with Crippen LogP contribution in [0.25, 0.3) is 0 Å². The van der Waals surface area contributed by atoms with Gasteiger partial charge in [-0.2, -0.15) is 0 Å². The molecule has 1 spiro atoms. The molecule has 2 fully saturated rings. The molecule has 1 N–H and O–H groups in total. The van der Waals surface area contributed by atoms with Crippen molar-refractivity contribution in [1.82, 2.24) is 0 Å². The molecular weight excluding hydrogens is 296 g/mol. The van der Waals surface area contributed by atoms with Gasteiger partial charge in [0.2, 0.25) is 0 Å². The van der Waals surface area contributed by atoms with E-state index in [1.165, 1.54) is 24.8 Å². The lowest BCUT2D eigenvalue weighted by atomic mass is 9.52. The van der Waals surface area contributed by atoms with E-state index in [-0.39, 0.29) is 11.0 Å². The minimum Gasteiger partial charge on any atom is -0.512 e. The van der Waals surface area contributed by atoms with E-state index in [0.717, 1.165) is 31.8 Å². The van der Waals surface area contributed by atoms with Crippen LogP contribution in [0.2, 0.25) is 0 Å². The van der Waals surface area contributed by atoms with Crippen LogP contribution in [-0.2, 0) is 4.74 Å². The van der Waals surface area contributed by atoms with Gasteiger partial charge in [0.15, 0.2) is 0 Å². The van der Waals surface area contributed by atoms with Crippen LogP contribution in [0.1, 0.15) is 66.2 Å². The Morgan fingerprint density at radius 3 is 2.62 bits per heavy atom. The van der Waals surface area contributed by atoms with Crippen LogP contribution in [0.4, 0.5) is 0 Å². The Morgan fingerprint density at radius 2 is 1.92 bits per heavy atom. The van der Waals surface area contributed by atoms with E-state index in [2.05, 4.69) is 26.0 Å². The Labute approximate surface area is 146 Å². The third kappa shape index (κ3) is 1.92. The van der Waals surface area contributed by atoms with E-state index in [0.29, 0.717) is 17.1 Å². The standard InChI is InChI=1S/C20H26O2.C2H6/c1-18-8-5-14(21)11-13(18)3-4-15-16(18)6-9-19(2)17(15)7-10-20(19)12-22-20;1-2/h3,6,11,15,17,21H,4-5,7-10,12H2,1-2H3;1-2H3/t15?,17?,18?,19?,20-;/m1./s1. The van der Waals surface area contributed by atoms with Gasteiger partial charge in [-0.05, 0) is 55.6 Å². The summed E-state index contributed by atoms with van der Waals surface area (Å²) >= 11 is 0. The molecule has 0 amide bonds. The highest BCUT2D eigenvalue weighted by molar-refractivity contribution is 5.45. The number of fused-ring (bicyclic) bond motifs is 6. The molecule has 132 valence electrons. The molecule has 4 aliphatic carbocycles. The van der Waals surface area contributed by atoms with Crippen LogP contribution in [0.3, 0.4) is 0 Å². The van der Waals surface area contributed by atoms with Gasteiger partial charge < -0.3 is 9.84 Å². The molecule has 1 saturated heterocycles. The zero-order valence-corrected chi connectivity index (χ0v) is 15.7. The molecule has 1 heterocycles. The molecule has 0 aromatic carbocycles. The van der Waals surface area contributed by atoms with Crippen molar-refractivity contribution in [3.8, 4) is 0 Å². The Kier molecular flexibility index (Phi) is 3.59. The molecule has 2 nitrogen and oxygen atoms in total. The molecule has 5 rings (SSSR count). The molecule has 1 saturated carbocycles. The van der Waals surface area contributed by atoms with Gasteiger partial charge in [-0.1, -0.05) is 45.4 Å². The number of epoxide rings is 1. The molecule has 2 heteroatoms. The van der Waals surface area contributed by atoms with Crippen molar-refractivity contribution in [3.05, 3.63) is 35.1 Å². The van der Waals surface area contributed by atoms with Crippen LogP contribution in [0, 0.1) is 22.7 Å². The predicted octanol–water partition coefficient (Wildman–Crippen LogP) is 5.72. The van der Waals surface area contributed by atoms with E-state index in [9.17, 15) is 5.11 Å². The zero-order valence-electron chi connectivity index (χ0n) is 15.7. The fourth-order valence-electron chi connectivity index (χ4n) is 6.27. The highest BCUT2D eigenvalue weighted by atomic mass is 16.6. The lowest BCUT2D eigenvalue weighted by molar-refractivity contribution is 0.0681. The lowest BCUT2D eigenvalue weighted by Gasteiger charge is -2.51. The van der Waals surface area contributed by atoms with E-state index >= 15 is 0 Å². The van der Waals surface area contributed by atoms with Gasteiger partial charge in [0, 0.05) is 17.3 Å². The van der Waals surface area contributed by atoms with Gasteiger partial charge in [0.05, 0.1) is 18.0 Å². The monoisotopic (exact) mass is 328 g/mol. The first-order valence-corrected chi connectivity index (χ1v) is 9.93. The molecule has 4 unspecified atom stereocenters. The third-order valence-electron chi connectivity index (χ3n) is 7.91. The highest BCUT2D eigenvalue weighted by Gasteiger charge is 2.68. The Bertz CT molecular complexity index is 636. The largest absolute Gasteiger partial charge is 0.512 e. The van der Waals surface area contributed by atoms with Crippen molar-refractivity contribution in [3.63, 3.8) is 0 Å². The fourth-order valence-corrected chi connectivity index (χ4v) is 6.27. The first-order valence-electron chi connectivity index (χ1n) is 9.93. The highest BCUT2D eigenvalue weighted by Crippen LogP contribution is 2.68. The summed E-state index contributed by atoms with van der Waals surface area (Å²) in [7, 11) is 0. The summed E-state index contributed by atoms with van der Waals surface area (Å²) in [5.74, 6) is 2.04. The molecule has 1 aliphatic heterocycles. The quantitative estimate of drug-likeness (QED) is 0.456. The molecule has 0 aromatic heterocycles. The predicted molar refractivity (Wildman–Crippen MR) is 97.8 cm³/mol. The van der Waals surface area contributed by atoms with Crippen LogP contribution in [0.15, 0.2) is 35.1 Å². The van der Waals surface area contributed by atoms with Gasteiger partial charge in [-0.3, -0.25) is 0 Å². The van der Waals surface area contributed by atoms with Crippen molar-refractivity contribution in [1.29, 1.82) is 0 Å². The summed E-state index contributed by atoms with van der Waals surface area (Å²) in [6, 6.07) is 0. The second kappa shape index (κ2) is 5.24. The summed E-state index contributed by atoms with van der Waals surface area (Å²) in [4.78, 5) is 0. The molecule has 0 radical (unpaired) electrons. The molecular formula is C22H32O2. The summed E-state index contributed by atoms with van der Waals surface area (Å²) in [5.41, 5.74) is 3.77. The first-order chi connectivity index (χ1) is 11.5. The first kappa shape index (κ1) is 16.4. The molecule has 0 bridgehead atoms. The van der Waals surface area contributed by atoms with Crippen molar-refractivity contribution in [2.24, 2.45) is 22.7 Å². The number of aliphatic hydroxyl groups is 1. The average Bonchev–Trinajstić information content (AvgIpc) is 3.31. The molecule has 5 atom stereocenters. The van der Waals surface area contributed by atoms with Gasteiger partial charge in [-0.25, -0.2) is 0 Å². The van der Waals surface area contributed by atoms with Crippen LogP contribution < -0.4 is 0 Å².